The fourth-order valence-corrected chi connectivity index (χ4v) is 2.78. The van der Waals surface area contributed by atoms with Crippen molar-refractivity contribution in [2.45, 2.75) is 57.4 Å². The summed E-state index contributed by atoms with van der Waals surface area (Å²) in [5, 5.41) is 24.7. The largest absolute Gasteiger partial charge is 0.490 e. The smallest absolute Gasteiger partial charge is 0.475 e. The molecule has 19 heteroatoms. The van der Waals surface area contributed by atoms with E-state index in [1.165, 1.54) is 13.1 Å². The van der Waals surface area contributed by atoms with Crippen molar-refractivity contribution in [3.8, 4) is 11.8 Å². The second kappa shape index (κ2) is 19.3. The van der Waals surface area contributed by atoms with Gasteiger partial charge in [-0.1, -0.05) is 11.8 Å². The molecule has 10 nitrogen and oxygen atoms in total. The SMILES string of the molecule is CC(C)N1CCN(CC#CCOC2CCNCC2)CC1.O=C(O)C(F)(F)F.O=C(O)C(F)(F)F.O=C(O)C(F)(F)F. The Hall–Kier alpha value is -2.82. The van der Waals surface area contributed by atoms with Gasteiger partial charge in [-0.2, -0.15) is 39.5 Å². The number of carboxylic acid groups (broad SMARTS) is 3. The van der Waals surface area contributed by atoms with Gasteiger partial charge in [0, 0.05) is 32.2 Å². The average molecular weight is 621 g/mol. The first-order chi connectivity index (χ1) is 18.6. The molecule has 2 aliphatic rings. The molecule has 0 spiro atoms. The van der Waals surface area contributed by atoms with Gasteiger partial charge >= 0.3 is 36.4 Å². The Morgan fingerprint density at radius 2 is 1.15 bits per heavy atom. The van der Waals surface area contributed by atoms with E-state index in [-0.39, 0.29) is 0 Å². The van der Waals surface area contributed by atoms with Crippen molar-refractivity contribution in [3.63, 3.8) is 0 Å². The molecule has 0 aliphatic carbocycles. The molecule has 2 rings (SSSR count). The number of piperazine rings is 1. The summed E-state index contributed by atoms with van der Waals surface area (Å²) in [6.07, 6.45) is -12.6. The highest BCUT2D eigenvalue weighted by Crippen LogP contribution is 2.14. The quantitative estimate of drug-likeness (QED) is 0.274. The van der Waals surface area contributed by atoms with Gasteiger partial charge in [0.25, 0.3) is 0 Å². The lowest BCUT2D eigenvalue weighted by Gasteiger charge is -2.36. The molecule has 4 N–H and O–H groups in total. The average Bonchev–Trinajstić information content (AvgIpc) is 2.84. The van der Waals surface area contributed by atoms with Crippen LogP contribution in [0.3, 0.4) is 0 Å². The van der Waals surface area contributed by atoms with Gasteiger partial charge in [-0.3, -0.25) is 9.80 Å². The van der Waals surface area contributed by atoms with E-state index in [1.807, 2.05) is 0 Å². The van der Waals surface area contributed by atoms with Crippen LogP contribution in [-0.2, 0) is 19.1 Å². The Balaban J connectivity index is 0. The number of carboxylic acids is 3. The minimum atomic E-state index is -5.08. The van der Waals surface area contributed by atoms with Crippen molar-refractivity contribution in [2.75, 3.05) is 52.4 Å². The van der Waals surface area contributed by atoms with Gasteiger partial charge in [-0.05, 0) is 39.8 Å². The maximum atomic E-state index is 10.6. The number of nitrogens with one attached hydrogen (secondary N) is 1. The van der Waals surface area contributed by atoms with Crippen LogP contribution in [-0.4, -0.2) is 126 Å². The van der Waals surface area contributed by atoms with E-state index < -0.39 is 36.4 Å². The van der Waals surface area contributed by atoms with Crippen molar-refractivity contribution in [2.24, 2.45) is 0 Å². The highest BCUT2D eigenvalue weighted by Gasteiger charge is 2.39. The van der Waals surface area contributed by atoms with Crippen molar-refractivity contribution in [1.82, 2.24) is 15.1 Å². The minimum absolute atomic E-state index is 0.417. The third-order valence-corrected chi connectivity index (χ3v) is 4.97. The molecule has 0 radical (unpaired) electrons. The molecule has 0 aromatic carbocycles. The zero-order chi connectivity index (χ0) is 32.4. The molecule has 0 aromatic rings. The standard InChI is InChI=1S/C16H29N3O.3C2HF3O2/c1-15(2)19-12-10-18(11-13-19)9-3-4-14-20-16-5-7-17-8-6-16;3*3-2(4,5)1(6)7/h15-17H,5-14H2,1-2H3;3*(H,6,7). The van der Waals surface area contributed by atoms with E-state index in [2.05, 4.69) is 40.8 Å². The zero-order valence-electron chi connectivity index (χ0n) is 22.0. The zero-order valence-corrected chi connectivity index (χ0v) is 22.0. The van der Waals surface area contributed by atoms with Gasteiger partial charge < -0.3 is 25.4 Å². The first-order valence-electron chi connectivity index (χ1n) is 11.7. The topological polar surface area (TPSA) is 140 Å². The minimum Gasteiger partial charge on any atom is -0.475 e. The van der Waals surface area contributed by atoms with Gasteiger partial charge in [0.05, 0.1) is 12.6 Å². The Labute approximate surface area is 229 Å². The third-order valence-electron chi connectivity index (χ3n) is 4.97. The summed E-state index contributed by atoms with van der Waals surface area (Å²) in [4.78, 5) is 31.7. The number of hydrogen-bond acceptors (Lipinski definition) is 7. The molecule has 2 fully saturated rings. The van der Waals surface area contributed by atoms with Crippen LogP contribution in [0.25, 0.3) is 0 Å². The van der Waals surface area contributed by atoms with Crippen LogP contribution in [0.4, 0.5) is 39.5 Å². The number of ether oxygens (including phenoxy) is 1. The predicted molar refractivity (Wildman–Crippen MR) is 124 cm³/mol. The summed E-state index contributed by atoms with van der Waals surface area (Å²) >= 11 is 0. The van der Waals surface area contributed by atoms with E-state index in [4.69, 9.17) is 34.4 Å². The van der Waals surface area contributed by atoms with Crippen LogP contribution >= 0.6 is 0 Å². The third kappa shape index (κ3) is 22.5. The van der Waals surface area contributed by atoms with Crippen LogP contribution in [0.15, 0.2) is 0 Å². The molecule has 240 valence electrons. The Morgan fingerprint density at radius 3 is 1.46 bits per heavy atom. The maximum absolute atomic E-state index is 10.6. The monoisotopic (exact) mass is 621 g/mol. The van der Waals surface area contributed by atoms with E-state index in [9.17, 15) is 39.5 Å². The number of nitrogens with zero attached hydrogens (tertiary/aromatic N) is 2. The first kappa shape index (κ1) is 40.3. The van der Waals surface area contributed by atoms with Crippen LogP contribution in [0.1, 0.15) is 26.7 Å². The molecule has 2 aliphatic heterocycles. The molecule has 41 heavy (non-hydrogen) atoms. The lowest BCUT2D eigenvalue weighted by atomic mass is 10.1. The highest BCUT2D eigenvalue weighted by atomic mass is 19.4. The van der Waals surface area contributed by atoms with Crippen LogP contribution in [0.5, 0.6) is 0 Å². The van der Waals surface area contributed by atoms with Crippen molar-refractivity contribution >= 4 is 17.9 Å². The van der Waals surface area contributed by atoms with Crippen molar-refractivity contribution in [3.05, 3.63) is 0 Å². The Bertz CT molecular complexity index is 784. The molecule has 2 heterocycles. The molecular weight excluding hydrogens is 589 g/mol. The number of carbonyl (C=O) groups is 3. The molecule has 0 atom stereocenters. The van der Waals surface area contributed by atoms with E-state index in [1.54, 1.807) is 0 Å². The molecule has 0 amide bonds. The number of rotatable bonds is 4. The summed E-state index contributed by atoms with van der Waals surface area (Å²) in [5.41, 5.74) is 0. The normalized spacial score (nSPS) is 16.9. The fraction of sp³-hybridized carbons (Fsp3) is 0.773. The number of piperidine rings is 1. The second-order valence-corrected chi connectivity index (χ2v) is 8.43. The first-order valence-corrected chi connectivity index (χ1v) is 11.7. The van der Waals surface area contributed by atoms with Gasteiger partial charge in [-0.25, -0.2) is 14.4 Å². The lowest BCUT2D eigenvalue weighted by Crippen LogP contribution is -2.48. The lowest BCUT2D eigenvalue weighted by molar-refractivity contribution is -0.193. The van der Waals surface area contributed by atoms with E-state index >= 15 is 0 Å². The highest BCUT2D eigenvalue weighted by molar-refractivity contribution is 5.73. The second-order valence-electron chi connectivity index (χ2n) is 8.43. The summed E-state index contributed by atoms with van der Waals surface area (Å²) < 4.78 is 101. The summed E-state index contributed by atoms with van der Waals surface area (Å²) in [7, 11) is 0. The Kier molecular flexibility index (Phi) is 19.0. The number of alkyl halides is 9. The summed E-state index contributed by atoms with van der Waals surface area (Å²) in [6, 6.07) is 0.668. The van der Waals surface area contributed by atoms with Gasteiger partial charge in [0.2, 0.25) is 0 Å². The summed E-state index contributed by atoms with van der Waals surface area (Å²) in [6.45, 7) is 12.8. The fourth-order valence-electron chi connectivity index (χ4n) is 2.78. The maximum Gasteiger partial charge on any atom is 0.490 e. The molecule has 0 aromatic heterocycles. The van der Waals surface area contributed by atoms with E-state index in [0.717, 1.165) is 45.6 Å². The number of hydrogen-bond donors (Lipinski definition) is 4. The van der Waals surface area contributed by atoms with Crippen LogP contribution in [0.2, 0.25) is 0 Å². The number of halogens is 9. The number of aliphatic carboxylic acids is 3. The van der Waals surface area contributed by atoms with Crippen molar-refractivity contribution in [1.29, 1.82) is 0 Å². The van der Waals surface area contributed by atoms with Gasteiger partial charge in [0.15, 0.2) is 0 Å². The van der Waals surface area contributed by atoms with Gasteiger partial charge in [0.1, 0.15) is 6.61 Å². The summed E-state index contributed by atoms with van der Waals surface area (Å²) in [5.74, 6) is -1.85. The molecule has 0 bridgehead atoms. The Morgan fingerprint density at radius 1 is 0.780 bits per heavy atom. The van der Waals surface area contributed by atoms with E-state index in [0.29, 0.717) is 18.8 Å². The van der Waals surface area contributed by atoms with Crippen LogP contribution < -0.4 is 5.32 Å². The molecule has 2 saturated heterocycles. The predicted octanol–water partition coefficient (Wildman–Crippen LogP) is 2.68. The van der Waals surface area contributed by atoms with Crippen molar-refractivity contribution < 1.29 is 74.0 Å². The molecule has 0 unspecified atom stereocenters. The molecular formula is C22H32F9N3O7. The molecule has 0 saturated carbocycles. The van der Waals surface area contributed by atoms with Crippen LogP contribution in [0, 0.1) is 11.8 Å². The van der Waals surface area contributed by atoms with Gasteiger partial charge in [-0.15, -0.1) is 0 Å².